The number of nitrogens with one attached hydrogen (secondary N) is 1. The zero-order valence-electron chi connectivity index (χ0n) is 9.60. The molecule has 0 radical (unpaired) electrons. The smallest absolute Gasteiger partial charge is 0.229 e. The summed E-state index contributed by atoms with van der Waals surface area (Å²) in [5, 5.41) is 3.31. The lowest BCUT2D eigenvalue weighted by Gasteiger charge is -2.28. The lowest BCUT2D eigenvalue weighted by Crippen LogP contribution is -2.42. The fourth-order valence-electron chi connectivity index (χ4n) is 1.78. The van der Waals surface area contributed by atoms with E-state index in [9.17, 15) is 4.79 Å². The van der Waals surface area contributed by atoms with E-state index in [1.165, 1.54) is 0 Å². The van der Waals surface area contributed by atoms with E-state index in [4.69, 9.17) is 0 Å². The minimum absolute atomic E-state index is 0.232. The van der Waals surface area contributed by atoms with Crippen LogP contribution in [0.2, 0.25) is 0 Å². The Balaban J connectivity index is 2.59. The maximum absolute atomic E-state index is 12.1. The SMILES string of the molecule is CCCCN1CCNCC(C)(C)C1=O. The molecule has 3 nitrogen and oxygen atoms in total. The summed E-state index contributed by atoms with van der Waals surface area (Å²) in [5.41, 5.74) is -0.232. The number of carbonyl (C=O) groups excluding carboxylic acids is 1. The van der Waals surface area contributed by atoms with Crippen LogP contribution in [-0.4, -0.2) is 37.0 Å². The van der Waals surface area contributed by atoms with Gasteiger partial charge in [-0.2, -0.15) is 0 Å². The Labute approximate surface area is 86.9 Å². The highest BCUT2D eigenvalue weighted by atomic mass is 16.2. The van der Waals surface area contributed by atoms with Crippen molar-refractivity contribution in [3.63, 3.8) is 0 Å². The molecule has 0 atom stereocenters. The van der Waals surface area contributed by atoms with Crippen LogP contribution in [0.25, 0.3) is 0 Å². The second-order valence-corrected chi connectivity index (χ2v) is 4.71. The van der Waals surface area contributed by atoms with Crippen molar-refractivity contribution < 1.29 is 4.79 Å². The van der Waals surface area contributed by atoms with Gasteiger partial charge in [0.15, 0.2) is 0 Å². The molecule has 0 aromatic heterocycles. The lowest BCUT2D eigenvalue weighted by atomic mass is 9.92. The molecule has 1 amide bonds. The van der Waals surface area contributed by atoms with E-state index in [-0.39, 0.29) is 5.41 Å². The quantitative estimate of drug-likeness (QED) is 0.740. The third kappa shape index (κ3) is 2.71. The maximum atomic E-state index is 12.1. The van der Waals surface area contributed by atoms with Crippen LogP contribution in [0.5, 0.6) is 0 Å². The Hall–Kier alpha value is -0.570. The number of unbranched alkanes of at least 4 members (excludes halogenated alkanes) is 1. The summed E-state index contributed by atoms with van der Waals surface area (Å²) >= 11 is 0. The number of rotatable bonds is 3. The van der Waals surface area contributed by atoms with Crippen LogP contribution in [0.4, 0.5) is 0 Å². The Kier molecular flexibility index (Phi) is 3.93. The lowest BCUT2D eigenvalue weighted by molar-refractivity contribution is -0.139. The summed E-state index contributed by atoms with van der Waals surface area (Å²) in [7, 11) is 0. The molecule has 0 aromatic carbocycles. The molecule has 14 heavy (non-hydrogen) atoms. The van der Waals surface area contributed by atoms with Crippen molar-refractivity contribution in [2.75, 3.05) is 26.2 Å². The molecule has 0 saturated carbocycles. The van der Waals surface area contributed by atoms with Crippen LogP contribution in [0.15, 0.2) is 0 Å². The Morgan fingerprint density at radius 3 is 2.86 bits per heavy atom. The Morgan fingerprint density at radius 2 is 2.21 bits per heavy atom. The molecule has 0 aliphatic carbocycles. The number of amides is 1. The highest BCUT2D eigenvalue weighted by Gasteiger charge is 2.33. The van der Waals surface area contributed by atoms with Crippen LogP contribution in [0, 0.1) is 5.41 Å². The largest absolute Gasteiger partial charge is 0.341 e. The van der Waals surface area contributed by atoms with E-state index in [1.807, 2.05) is 18.7 Å². The van der Waals surface area contributed by atoms with Crippen molar-refractivity contribution in [1.29, 1.82) is 0 Å². The summed E-state index contributed by atoms with van der Waals surface area (Å²) in [4.78, 5) is 14.1. The van der Waals surface area contributed by atoms with Crippen LogP contribution in [0.1, 0.15) is 33.6 Å². The Morgan fingerprint density at radius 1 is 1.50 bits per heavy atom. The molecule has 1 rings (SSSR count). The first-order valence-electron chi connectivity index (χ1n) is 5.58. The molecule has 0 spiro atoms. The van der Waals surface area contributed by atoms with E-state index < -0.39 is 0 Å². The summed E-state index contributed by atoms with van der Waals surface area (Å²) < 4.78 is 0. The molecule has 1 saturated heterocycles. The van der Waals surface area contributed by atoms with Gasteiger partial charge in [0, 0.05) is 26.2 Å². The molecule has 82 valence electrons. The molecule has 1 N–H and O–H groups in total. The Bertz CT molecular complexity index is 201. The molecule has 1 heterocycles. The van der Waals surface area contributed by atoms with Gasteiger partial charge in [0.2, 0.25) is 5.91 Å². The zero-order valence-corrected chi connectivity index (χ0v) is 9.60. The summed E-state index contributed by atoms with van der Waals surface area (Å²) in [6.45, 7) is 9.71. The van der Waals surface area contributed by atoms with Gasteiger partial charge in [-0.05, 0) is 20.3 Å². The maximum Gasteiger partial charge on any atom is 0.229 e. The van der Waals surface area contributed by atoms with Gasteiger partial charge in [0.25, 0.3) is 0 Å². The van der Waals surface area contributed by atoms with Crippen LogP contribution in [-0.2, 0) is 4.79 Å². The van der Waals surface area contributed by atoms with Crippen LogP contribution in [0.3, 0.4) is 0 Å². The number of hydrogen-bond donors (Lipinski definition) is 1. The molecule has 1 fully saturated rings. The third-order valence-corrected chi connectivity index (χ3v) is 2.77. The third-order valence-electron chi connectivity index (χ3n) is 2.77. The molecule has 0 unspecified atom stereocenters. The normalized spacial score (nSPS) is 22.2. The van der Waals surface area contributed by atoms with E-state index in [2.05, 4.69) is 12.2 Å². The molecule has 1 aliphatic heterocycles. The van der Waals surface area contributed by atoms with Gasteiger partial charge in [0.05, 0.1) is 5.41 Å². The highest BCUT2D eigenvalue weighted by molar-refractivity contribution is 5.82. The molecular formula is C11H22N2O. The van der Waals surface area contributed by atoms with Crippen LogP contribution < -0.4 is 5.32 Å². The fraction of sp³-hybridized carbons (Fsp3) is 0.909. The fourth-order valence-corrected chi connectivity index (χ4v) is 1.78. The topological polar surface area (TPSA) is 32.3 Å². The van der Waals surface area contributed by atoms with E-state index in [1.54, 1.807) is 0 Å². The van der Waals surface area contributed by atoms with E-state index in [0.29, 0.717) is 5.91 Å². The van der Waals surface area contributed by atoms with Gasteiger partial charge in [-0.25, -0.2) is 0 Å². The number of nitrogens with zero attached hydrogens (tertiary/aromatic N) is 1. The van der Waals surface area contributed by atoms with E-state index in [0.717, 1.165) is 39.0 Å². The highest BCUT2D eigenvalue weighted by Crippen LogP contribution is 2.19. The first-order valence-corrected chi connectivity index (χ1v) is 5.58. The second-order valence-electron chi connectivity index (χ2n) is 4.71. The van der Waals surface area contributed by atoms with Crippen molar-refractivity contribution in [3.05, 3.63) is 0 Å². The van der Waals surface area contributed by atoms with E-state index >= 15 is 0 Å². The minimum Gasteiger partial charge on any atom is -0.341 e. The average molecular weight is 198 g/mol. The van der Waals surface area contributed by atoms with Gasteiger partial charge in [0.1, 0.15) is 0 Å². The number of hydrogen-bond acceptors (Lipinski definition) is 2. The second kappa shape index (κ2) is 4.78. The first-order chi connectivity index (χ1) is 6.58. The van der Waals surface area contributed by atoms with Gasteiger partial charge in [-0.3, -0.25) is 4.79 Å². The summed E-state index contributed by atoms with van der Waals surface area (Å²) in [6, 6.07) is 0. The molecular weight excluding hydrogens is 176 g/mol. The predicted octanol–water partition coefficient (Wildman–Crippen LogP) is 1.24. The number of carbonyl (C=O) groups is 1. The van der Waals surface area contributed by atoms with Crippen molar-refractivity contribution in [2.45, 2.75) is 33.6 Å². The summed E-state index contributed by atoms with van der Waals surface area (Å²) in [6.07, 6.45) is 2.26. The molecule has 3 heteroatoms. The van der Waals surface area contributed by atoms with Gasteiger partial charge in [-0.1, -0.05) is 13.3 Å². The van der Waals surface area contributed by atoms with Crippen molar-refractivity contribution in [3.8, 4) is 0 Å². The summed E-state index contributed by atoms with van der Waals surface area (Å²) in [5.74, 6) is 0.302. The minimum atomic E-state index is -0.232. The molecule has 0 bridgehead atoms. The van der Waals surface area contributed by atoms with Gasteiger partial charge >= 0.3 is 0 Å². The van der Waals surface area contributed by atoms with Crippen LogP contribution >= 0.6 is 0 Å². The van der Waals surface area contributed by atoms with Crippen molar-refractivity contribution in [1.82, 2.24) is 10.2 Å². The molecule has 1 aliphatic rings. The monoisotopic (exact) mass is 198 g/mol. The predicted molar refractivity (Wildman–Crippen MR) is 58.1 cm³/mol. The standard InChI is InChI=1S/C11H22N2O/c1-4-5-7-13-8-6-12-9-11(2,3)10(13)14/h12H,4-9H2,1-3H3. The zero-order chi connectivity index (χ0) is 10.6. The first kappa shape index (κ1) is 11.5. The molecule has 0 aromatic rings. The van der Waals surface area contributed by atoms with Crippen molar-refractivity contribution in [2.24, 2.45) is 5.41 Å². The van der Waals surface area contributed by atoms with Gasteiger partial charge < -0.3 is 10.2 Å². The van der Waals surface area contributed by atoms with Gasteiger partial charge in [-0.15, -0.1) is 0 Å². The average Bonchev–Trinajstić information content (AvgIpc) is 2.26. The van der Waals surface area contributed by atoms with Crippen molar-refractivity contribution >= 4 is 5.91 Å².